The molecule has 4 nitrogen and oxygen atoms in total. The maximum absolute atomic E-state index is 11.1. The highest BCUT2D eigenvalue weighted by Crippen LogP contribution is 1.87. The van der Waals surface area contributed by atoms with Crippen LogP contribution >= 0.6 is 0 Å². The van der Waals surface area contributed by atoms with Crippen LogP contribution in [0.5, 0.6) is 0 Å². The van der Waals surface area contributed by atoms with Gasteiger partial charge in [-0.2, -0.15) is 0 Å². The number of oxime groups is 1. The molecule has 20 heavy (non-hydrogen) atoms. The topological polar surface area (TPSA) is 50.7 Å². The highest BCUT2D eigenvalue weighted by Gasteiger charge is 1.99. The summed E-state index contributed by atoms with van der Waals surface area (Å²) in [6.07, 6.45) is 2.50. The van der Waals surface area contributed by atoms with Crippen LogP contribution in [0.15, 0.2) is 5.16 Å². The van der Waals surface area contributed by atoms with Crippen molar-refractivity contribution in [2.75, 3.05) is 13.2 Å². The molecule has 0 unspecified atom stereocenters. The van der Waals surface area contributed by atoms with Gasteiger partial charge in [0.15, 0.2) is 0 Å². The number of hydrogen-bond acceptors (Lipinski definition) is 3. The Hall–Kier alpha value is -1.06. The lowest BCUT2D eigenvalue weighted by Crippen LogP contribution is -2.25. The lowest BCUT2D eigenvalue weighted by atomic mass is 10.3. The summed E-state index contributed by atoms with van der Waals surface area (Å²) in [4.78, 5) is 16.0. The molecule has 124 valence electrons. The van der Waals surface area contributed by atoms with Gasteiger partial charge in [0, 0.05) is 6.54 Å². The summed E-state index contributed by atoms with van der Waals surface area (Å²) < 4.78 is 0. The third kappa shape index (κ3) is 36.0. The summed E-state index contributed by atoms with van der Waals surface area (Å²) in [6.45, 7) is 18.9. The van der Waals surface area contributed by atoms with Crippen LogP contribution in [0.2, 0.25) is 0 Å². The highest BCUT2D eigenvalue weighted by atomic mass is 16.6. The molecule has 0 spiro atoms. The average molecular weight is 290 g/mol. The molecule has 0 aromatic heterocycles. The zero-order valence-electron chi connectivity index (χ0n) is 15.3. The monoisotopic (exact) mass is 290 g/mol. The molecule has 0 aromatic carbocycles. The molecule has 0 aliphatic rings. The molecule has 0 saturated carbocycles. The fourth-order valence-corrected chi connectivity index (χ4v) is 0.806. The first-order chi connectivity index (χ1) is 9.66. The van der Waals surface area contributed by atoms with Gasteiger partial charge in [0.1, 0.15) is 6.61 Å². The Labute approximate surface area is 127 Å². The van der Waals surface area contributed by atoms with E-state index in [1.54, 1.807) is 0 Å². The highest BCUT2D eigenvalue weighted by molar-refractivity contribution is 5.78. The van der Waals surface area contributed by atoms with E-state index in [2.05, 4.69) is 17.4 Å². The van der Waals surface area contributed by atoms with Crippen molar-refractivity contribution in [3.63, 3.8) is 0 Å². The van der Waals surface area contributed by atoms with Crippen LogP contribution in [-0.2, 0) is 9.63 Å². The fourth-order valence-electron chi connectivity index (χ4n) is 0.806. The van der Waals surface area contributed by atoms with Crippen LogP contribution in [0.4, 0.5) is 0 Å². The molecule has 1 amide bonds. The number of hydrogen-bond donors (Lipinski definition) is 1. The van der Waals surface area contributed by atoms with E-state index < -0.39 is 0 Å². The van der Waals surface area contributed by atoms with Crippen molar-refractivity contribution in [3.05, 3.63) is 0 Å². The summed E-state index contributed by atoms with van der Waals surface area (Å²) in [5.41, 5.74) is 0.858. The van der Waals surface area contributed by atoms with Crippen molar-refractivity contribution < 1.29 is 9.63 Å². The minimum absolute atomic E-state index is 0.0300. The molecule has 0 fully saturated rings. The standard InChI is InChI=1S/C10H20N2O2.3C2H6/c1-4-5-7-11-10(13)6-8-14-12-9(2)3;3*1-2/h4-8H2,1-3H3,(H,11,13);3*1-2H3. The molecule has 0 aliphatic heterocycles. The third-order valence-corrected chi connectivity index (χ3v) is 1.52. The van der Waals surface area contributed by atoms with Gasteiger partial charge in [-0.05, 0) is 20.3 Å². The second kappa shape index (κ2) is 30.7. The summed E-state index contributed by atoms with van der Waals surface area (Å²) >= 11 is 0. The molecule has 0 rings (SSSR count). The Morgan fingerprint density at radius 3 is 1.95 bits per heavy atom. The smallest absolute Gasteiger partial charge is 0.223 e. The number of unbranched alkanes of at least 4 members (excludes halogenated alkanes) is 1. The number of nitrogens with one attached hydrogen (secondary N) is 1. The number of rotatable bonds is 7. The predicted molar refractivity (Wildman–Crippen MR) is 91.3 cm³/mol. The van der Waals surface area contributed by atoms with Gasteiger partial charge in [0.2, 0.25) is 5.91 Å². The minimum Gasteiger partial charge on any atom is -0.395 e. The number of nitrogens with zero attached hydrogens (tertiary/aromatic N) is 1. The predicted octanol–water partition coefficient (Wildman–Crippen LogP) is 4.78. The molecule has 0 aliphatic carbocycles. The summed E-state index contributed by atoms with van der Waals surface area (Å²) in [5.74, 6) is 0.0300. The van der Waals surface area contributed by atoms with Gasteiger partial charge in [0.25, 0.3) is 0 Å². The molecular weight excluding hydrogens is 252 g/mol. The summed E-state index contributed by atoms with van der Waals surface area (Å²) in [7, 11) is 0. The molecule has 0 radical (unpaired) electrons. The molecule has 0 saturated heterocycles. The van der Waals surface area contributed by atoms with E-state index in [1.807, 2.05) is 55.4 Å². The Bertz CT molecular complexity index is 189. The fraction of sp³-hybridized carbons (Fsp3) is 0.875. The quantitative estimate of drug-likeness (QED) is 0.416. The van der Waals surface area contributed by atoms with Gasteiger partial charge in [0.05, 0.1) is 12.1 Å². The maximum atomic E-state index is 11.1. The van der Waals surface area contributed by atoms with Gasteiger partial charge in [-0.1, -0.05) is 60.0 Å². The van der Waals surface area contributed by atoms with Crippen LogP contribution in [0.25, 0.3) is 0 Å². The van der Waals surface area contributed by atoms with Crippen molar-refractivity contribution in [2.24, 2.45) is 5.16 Å². The molecule has 1 N–H and O–H groups in total. The van der Waals surface area contributed by atoms with Crippen LogP contribution in [0.1, 0.15) is 81.6 Å². The Balaban J connectivity index is -0.000000187. The van der Waals surface area contributed by atoms with E-state index in [4.69, 9.17) is 4.84 Å². The maximum Gasteiger partial charge on any atom is 0.223 e. The molecule has 0 aromatic rings. The zero-order chi connectivity index (χ0) is 16.8. The molecule has 0 heterocycles. The van der Waals surface area contributed by atoms with Gasteiger partial charge >= 0.3 is 0 Å². The van der Waals surface area contributed by atoms with E-state index in [-0.39, 0.29) is 5.91 Å². The number of carbonyl (C=O) groups is 1. The minimum atomic E-state index is 0.0300. The van der Waals surface area contributed by atoms with E-state index in [0.717, 1.165) is 25.1 Å². The van der Waals surface area contributed by atoms with Crippen molar-refractivity contribution in [3.8, 4) is 0 Å². The molecule has 4 heteroatoms. The average Bonchev–Trinajstić information content (AvgIpc) is 2.50. The Morgan fingerprint density at radius 2 is 1.55 bits per heavy atom. The largest absolute Gasteiger partial charge is 0.395 e. The van der Waals surface area contributed by atoms with Crippen molar-refractivity contribution in [1.82, 2.24) is 5.32 Å². The van der Waals surface area contributed by atoms with Gasteiger partial charge in [-0.3, -0.25) is 4.79 Å². The Kier molecular flexibility index (Phi) is 42.0. The van der Waals surface area contributed by atoms with Gasteiger partial charge in [-0.15, -0.1) is 0 Å². The number of amides is 1. The SMILES string of the molecule is CC.CC.CC.CCCCNC(=O)CCON=C(C)C. The molecule has 0 atom stereocenters. The first kappa shape index (κ1) is 27.3. The van der Waals surface area contributed by atoms with Crippen LogP contribution < -0.4 is 5.32 Å². The van der Waals surface area contributed by atoms with Gasteiger partial charge < -0.3 is 10.2 Å². The molecule has 0 bridgehead atoms. The van der Waals surface area contributed by atoms with E-state index >= 15 is 0 Å². The first-order valence-electron chi connectivity index (χ1n) is 8.06. The lowest BCUT2D eigenvalue weighted by Gasteiger charge is -2.03. The van der Waals surface area contributed by atoms with Crippen LogP contribution in [0, 0.1) is 0 Å². The van der Waals surface area contributed by atoms with Crippen LogP contribution in [-0.4, -0.2) is 24.8 Å². The second-order valence-corrected chi connectivity index (χ2v) is 3.33. The lowest BCUT2D eigenvalue weighted by molar-refractivity contribution is -0.122. The first-order valence-corrected chi connectivity index (χ1v) is 8.06. The zero-order valence-corrected chi connectivity index (χ0v) is 15.3. The second-order valence-electron chi connectivity index (χ2n) is 3.33. The summed E-state index contributed by atoms with van der Waals surface area (Å²) in [6, 6.07) is 0. The normalized spacial score (nSPS) is 7.45. The third-order valence-electron chi connectivity index (χ3n) is 1.52. The van der Waals surface area contributed by atoms with E-state index in [9.17, 15) is 4.79 Å². The van der Waals surface area contributed by atoms with Crippen molar-refractivity contribution in [1.29, 1.82) is 0 Å². The van der Waals surface area contributed by atoms with Gasteiger partial charge in [-0.25, -0.2) is 0 Å². The van der Waals surface area contributed by atoms with E-state index in [0.29, 0.717) is 13.0 Å². The van der Waals surface area contributed by atoms with Crippen molar-refractivity contribution in [2.45, 2.75) is 81.6 Å². The van der Waals surface area contributed by atoms with Crippen LogP contribution in [0.3, 0.4) is 0 Å². The summed E-state index contributed by atoms with van der Waals surface area (Å²) in [5, 5.41) is 6.53. The Morgan fingerprint density at radius 1 is 1.05 bits per heavy atom. The number of carbonyl (C=O) groups excluding carboxylic acids is 1. The molecular formula is C16H38N2O2. The van der Waals surface area contributed by atoms with E-state index in [1.165, 1.54) is 0 Å². The van der Waals surface area contributed by atoms with Crippen molar-refractivity contribution >= 4 is 11.6 Å².